The maximum atomic E-state index is 9.66. The van der Waals surface area contributed by atoms with Crippen LogP contribution >= 0.6 is 31.9 Å². The topological polar surface area (TPSA) is 72.0 Å². The highest BCUT2D eigenvalue weighted by molar-refractivity contribution is 9.10. The van der Waals surface area contributed by atoms with Crippen LogP contribution in [0.25, 0.3) is 23.0 Å². The average Bonchev–Trinajstić information content (AvgIpc) is 2.92. The molecule has 0 aliphatic heterocycles. The second-order valence-corrected chi connectivity index (χ2v) is 5.72. The SMILES string of the molecule is Oc1cc(-c2nc(-c3ccc(Br)cn3)no2)ccc1Br. The van der Waals surface area contributed by atoms with E-state index in [2.05, 4.69) is 47.0 Å². The summed E-state index contributed by atoms with van der Waals surface area (Å²) in [5, 5.41) is 13.5. The van der Waals surface area contributed by atoms with Gasteiger partial charge < -0.3 is 9.63 Å². The van der Waals surface area contributed by atoms with E-state index in [0.29, 0.717) is 27.4 Å². The highest BCUT2D eigenvalue weighted by Gasteiger charge is 2.12. The predicted octanol–water partition coefficient (Wildman–Crippen LogP) is 4.03. The Hall–Kier alpha value is -1.73. The van der Waals surface area contributed by atoms with Gasteiger partial charge in [-0.25, -0.2) is 0 Å². The number of nitrogens with zero attached hydrogens (tertiary/aromatic N) is 3. The van der Waals surface area contributed by atoms with E-state index in [4.69, 9.17) is 4.52 Å². The number of aromatic nitrogens is 3. The van der Waals surface area contributed by atoms with Crippen molar-refractivity contribution in [2.24, 2.45) is 0 Å². The molecule has 2 heterocycles. The smallest absolute Gasteiger partial charge is 0.258 e. The van der Waals surface area contributed by atoms with E-state index < -0.39 is 0 Å². The highest BCUT2D eigenvalue weighted by atomic mass is 79.9. The standard InChI is InChI=1S/C13H7Br2N3O2/c14-8-2-4-10(16-6-8)12-17-13(20-18-12)7-1-3-9(15)11(19)5-7/h1-6,19H. The van der Waals surface area contributed by atoms with Crippen molar-refractivity contribution in [1.29, 1.82) is 0 Å². The summed E-state index contributed by atoms with van der Waals surface area (Å²) in [7, 11) is 0. The van der Waals surface area contributed by atoms with Gasteiger partial charge in [0.15, 0.2) is 0 Å². The molecule has 0 fully saturated rings. The van der Waals surface area contributed by atoms with Crippen LogP contribution in [-0.2, 0) is 0 Å². The normalized spacial score (nSPS) is 10.7. The molecule has 0 atom stereocenters. The lowest BCUT2D eigenvalue weighted by Crippen LogP contribution is -1.85. The molecule has 0 unspecified atom stereocenters. The van der Waals surface area contributed by atoms with Crippen LogP contribution in [0.3, 0.4) is 0 Å². The van der Waals surface area contributed by atoms with Crippen molar-refractivity contribution >= 4 is 31.9 Å². The Morgan fingerprint density at radius 1 is 1.10 bits per heavy atom. The van der Waals surface area contributed by atoms with Gasteiger partial charge in [-0.2, -0.15) is 4.98 Å². The Morgan fingerprint density at radius 2 is 1.95 bits per heavy atom. The predicted molar refractivity (Wildman–Crippen MR) is 80.0 cm³/mol. The molecule has 0 saturated carbocycles. The summed E-state index contributed by atoms with van der Waals surface area (Å²) in [5.41, 5.74) is 1.26. The second kappa shape index (κ2) is 5.34. The van der Waals surface area contributed by atoms with Gasteiger partial charge in [0, 0.05) is 16.2 Å². The number of rotatable bonds is 2. The number of hydrogen-bond donors (Lipinski definition) is 1. The van der Waals surface area contributed by atoms with Gasteiger partial charge in [0.05, 0.1) is 4.47 Å². The quantitative estimate of drug-likeness (QED) is 0.707. The van der Waals surface area contributed by atoms with E-state index in [1.165, 1.54) is 0 Å². The molecule has 0 aliphatic carbocycles. The Morgan fingerprint density at radius 3 is 2.65 bits per heavy atom. The molecule has 0 saturated heterocycles. The molecule has 1 N–H and O–H groups in total. The molecule has 3 aromatic rings. The van der Waals surface area contributed by atoms with Gasteiger partial charge in [-0.05, 0) is 62.2 Å². The number of phenolic OH excluding ortho intramolecular Hbond substituents is 1. The summed E-state index contributed by atoms with van der Waals surface area (Å²) in [6, 6.07) is 8.68. The molecular formula is C13H7Br2N3O2. The van der Waals surface area contributed by atoms with Crippen molar-refractivity contribution in [3.05, 3.63) is 45.5 Å². The zero-order valence-corrected chi connectivity index (χ0v) is 13.1. The number of hydrogen-bond acceptors (Lipinski definition) is 5. The summed E-state index contributed by atoms with van der Waals surface area (Å²) >= 11 is 6.54. The lowest BCUT2D eigenvalue weighted by Gasteiger charge is -1.98. The first-order chi connectivity index (χ1) is 9.63. The van der Waals surface area contributed by atoms with Crippen LogP contribution in [0, 0.1) is 0 Å². The largest absolute Gasteiger partial charge is 0.507 e. The zero-order valence-electron chi connectivity index (χ0n) is 9.92. The lowest BCUT2D eigenvalue weighted by molar-refractivity contribution is 0.431. The number of benzene rings is 1. The Labute approximate surface area is 130 Å². The van der Waals surface area contributed by atoms with E-state index in [9.17, 15) is 5.11 Å². The first-order valence-corrected chi connectivity index (χ1v) is 7.16. The van der Waals surface area contributed by atoms with Gasteiger partial charge in [-0.3, -0.25) is 4.98 Å². The van der Waals surface area contributed by atoms with Crippen LogP contribution in [-0.4, -0.2) is 20.2 Å². The van der Waals surface area contributed by atoms with Crippen LogP contribution in [0.2, 0.25) is 0 Å². The Kier molecular flexibility index (Phi) is 3.54. The molecule has 0 amide bonds. The highest BCUT2D eigenvalue weighted by Crippen LogP contribution is 2.29. The van der Waals surface area contributed by atoms with Crippen molar-refractivity contribution in [3.8, 4) is 28.7 Å². The van der Waals surface area contributed by atoms with Gasteiger partial charge in [0.2, 0.25) is 5.82 Å². The van der Waals surface area contributed by atoms with Gasteiger partial charge in [-0.15, -0.1) is 0 Å². The monoisotopic (exact) mass is 395 g/mol. The number of aromatic hydroxyl groups is 1. The molecule has 0 aliphatic rings. The fraction of sp³-hybridized carbons (Fsp3) is 0. The third kappa shape index (κ3) is 2.59. The molecule has 5 nitrogen and oxygen atoms in total. The third-order valence-corrected chi connectivity index (χ3v) is 3.72. The number of pyridine rings is 1. The first-order valence-electron chi connectivity index (χ1n) is 5.58. The third-order valence-electron chi connectivity index (χ3n) is 2.58. The molecule has 0 bridgehead atoms. The first kappa shape index (κ1) is 13.3. The fourth-order valence-electron chi connectivity index (χ4n) is 1.60. The summed E-state index contributed by atoms with van der Waals surface area (Å²) in [4.78, 5) is 8.47. The van der Waals surface area contributed by atoms with Crippen LogP contribution < -0.4 is 0 Å². The molecular weight excluding hydrogens is 390 g/mol. The maximum absolute atomic E-state index is 9.66. The second-order valence-electron chi connectivity index (χ2n) is 3.95. The summed E-state index contributed by atoms with van der Waals surface area (Å²) < 4.78 is 6.68. The minimum atomic E-state index is 0.115. The van der Waals surface area contributed by atoms with Gasteiger partial charge in [-0.1, -0.05) is 5.16 Å². The van der Waals surface area contributed by atoms with E-state index >= 15 is 0 Å². The van der Waals surface area contributed by atoms with Gasteiger partial charge in [0.1, 0.15) is 11.4 Å². The van der Waals surface area contributed by atoms with E-state index in [1.54, 1.807) is 30.5 Å². The van der Waals surface area contributed by atoms with Crippen molar-refractivity contribution in [2.75, 3.05) is 0 Å². The van der Waals surface area contributed by atoms with Crippen LogP contribution in [0.15, 0.2) is 50.0 Å². The summed E-state index contributed by atoms with van der Waals surface area (Å²) in [5.74, 6) is 0.839. The molecule has 1 aromatic carbocycles. The molecule has 20 heavy (non-hydrogen) atoms. The van der Waals surface area contributed by atoms with Gasteiger partial charge in [0.25, 0.3) is 5.89 Å². The van der Waals surface area contributed by atoms with Crippen LogP contribution in [0.4, 0.5) is 0 Å². The molecule has 0 spiro atoms. The number of halogens is 2. The van der Waals surface area contributed by atoms with E-state index in [0.717, 1.165) is 4.47 Å². The zero-order chi connectivity index (χ0) is 14.1. The minimum absolute atomic E-state index is 0.115. The van der Waals surface area contributed by atoms with Gasteiger partial charge >= 0.3 is 0 Å². The van der Waals surface area contributed by atoms with Crippen LogP contribution in [0.1, 0.15) is 0 Å². The molecule has 7 heteroatoms. The molecule has 3 rings (SSSR count). The Balaban J connectivity index is 1.97. The average molecular weight is 397 g/mol. The lowest BCUT2D eigenvalue weighted by atomic mass is 10.2. The fourth-order valence-corrected chi connectivity index (χ4v) is 2.08. The molecule has 0 radical (unpaired) electrons. The van der Waals surface area contributed by atoms with Crippen molar-refractivity contribution in [1.82, 2.24) is 15.1 Å². The van der Waals surface area contributed by atoms with E-state index in [-0.39, 0.29) is 5.75 Å². The maximum Gasteiger partial charge on any atom is 0.258 e. The van der Waals surface area contributed by atoms with Crippen molar-refractivity contribution in [2.45, 2.75) is 0 Å². The van der Waals surface area contributed by atoms with Crippen LogP contribution in [0.5, 0.6) is 5.75 Å². The molecule has 2 aromatic heterocycles. The molecule has 100 valence electrons. The van der Waals surface area contributed by atoms with Crippen molar-refractivity contribution in [3.63, 3.8) is 0 Å². The van der Waals surface area contributed by atoms with E-state index in [1.807, 2.05) is 6.07 Å². The minimum Gasteiger partial charge on any atom is -0.507 e. The summed E-state index contributed by atoms with van der Waals surface area (Å²) in [6.45, 7) is 0. The summed E-state index contributed by atoms with van der Waals surface area (Å²) in [6.07, 6.45) is 1.66. The number of phenols is 1. The Bertz CT molecular complexity index is 757. The van der Waals surface area contributed by atoms with Crippen molar-refractivity contribution < 1.29 is 9.63 Å².